The molecule has 1 saturated carbocycles. The topological polar surface area (TPSA) is 103 Å². The lowest BCUT2D eigenvalue weighted by Crippen LogP contribution is -2.36. The van der Waals surface area contributed by atoms with E-state index in [1.54, 1.807) is 0 Å². The Morgan fingerprint density at radius 1 is 1.04 bits per heavy atom. The number of halogens is 1. The lowest BCUT2D eigenvalue weighted by molar-refractivity contribution is 0.122. The molecule has 2 aromatic rings. The van der Waals surface area contributed by atoms with Gasteiger partial charge in [0.1, 0.15) is 5.82 Å². The molecule has 0 bridgehead atoms. The highest BCUT2D eigenvalue weighted by Crippen LogP contribution is 2.37. The fraction of sp³-hybridized carbons (Fsp3) is 0.500. The van der Waals surface area contributed by atoms with Gasteiger partial charge in [-0.3, -0.25) is 11.7 Å². The normalized spacial score (nSPS) is 17.7. The fourth-order valence-electron chi connectivity index (χ4n) is 3.50. The molecule has 4 rings (SSSR count). The van der Waals surface area contributed by atoms with E-state index in [4.69, 9.17) is 9.72 Å². The average molecular weight is 421 g/mol. The van der Waals surface area contributed by atoms with E-state index in [0.717, 1.165) is 53.7 Å². The predicted molar refractivity (Wildman–Crippen MR) is 106 cm³/mol. The van der Waals surface area contributed by atoms with E-state index < -0.39 is 0 Å². The van der Waals surface area contributed by atoms with Crippen LogP contribution in [0, 0.1) is 0 Å². The molecular formula is C18H25BrN6O. The van der Waals surface area contributed by atoms with Crippen LogP contribution in [0.5, 0.6) is 0 Å². The Morgan fingerprint density at radius 2 is 1.77 bits per heavy atom. The lowest BCUT2D eigenvalue weighted by atomic mass is 10.0. The monoisotopic (exact) mass is 420 g/mol. The summed E-state index contributed by atoms with van der Waals surface area (Å²) in [4.78, 5) is 16.2. The summed E-state index contributed by atoms with van der Waals surface area (Å²) in [6, 6.07) is 4.13. The van der Waals surface area contributed by atoms with Crippen LogP contribution in [0.1, 0.15) is 37.3 Å². The Kier molecular flexibility index (Phi) is 6.90. The van der Waals surface area contributed by atoms with Crippen molar-refractivity contribution in [2.75, 3.05) is 31.2 Å². The zero-order chi connectivity index (χ0) is 18.4. The standard InChI is InChI=1S/C18H21BrN4O.H4N2/c19-15-12-21-18(22-17(15)13-3-1-2-4-13)14-5-6-16(20-11-14)23-7-9-24-10-8-23;1-2/h5-6,11-13H,1-4,7-10H2;1-2H2. The highest BCUT2D eigenvalue weighted by atomic mass is 79.9. The molecule has 7 nitrogen and oxygen atoms in total. The molecule has 2 aromatic heterocycles. The van der Waals surface area contributed by atoms with Gasteiger partial charge in [-0.05, 0) is 40.9 Å². The molecule has 2 aliphatic rings. The molecule has 3 heterocycles. The summed E-state index contributed by atoms with van der Waals surface area (Å²) in [5, 5.41) is 0. The molecule has 1 saturated heterocycles. The number of hydrogen-bond donors (Lipinski definition) is 2. The molecule has 1 aliphatic carbocycles. The van der Waals surface area contributed by atoms with Gasteiger partial charge in [0.25, 0.3) is 0 Å². The Labute approximate surface area is 162 Å². The molecule has 0 aromatic carbocycles. The summed E-state index contributed by atoms with van der Waals surface area (Å²) in [5.74, 6) is 10.3. The van der Waals surface area contributed by atoms with E-state index in [9.17, 15) is 0 Å². The van der Waals surface area contributed by atoms with Gasteiger partial charge in [0, 0.05) is 37.0 Å². The molecule has 1 aliphatic heterocycles. The first kappa shape index (κ1) is 19.2. The Bertz CT molecular complexity index is 699. The third kappa shape index (κ3) is 4.37. The molecule has 4 N–H and O–H groups in total. The molecule has 0 unspecified atom stereocenters. The van der Waals surface area contributed by atoms with Gasteiger partial charge in [0.2, 0.25) is 0 Å². The van der Waals surface area contributed by atoms with E-state index in [-0.39, 0.29) is 0 Å². The predicted octanol–water partition coefficient (Wildman–Crippen LogP) is 2.61. The summed E-state index contributed by atoms with van der Waals surface area (Å²) < 4.78 is 6.42. The number of nitrogens with zero attached hydrogens (tertiary/aromatic N) is 4. The van der Waals surface area contributed by atoms with Crippen LogP contribution >= 0.6 is 15.9 Å². The third-order valence-electron chi connectivity index (χ3n) is 4.85. The van der Waals surface area contributed by atoms with Gasteiger partial charge < -0.3 is 9.64 Å². The van der Waals surface area contributed by atoms with Gasteiger partial charge in [-0.2, -0.15) is 0 Å². The van der Waals surface area contributed by atoms with Gasteiger partial charge in [0.15, 0.2) is 5.82 Å². The number of aromatic nitrogens is 3. The second-order valence-corrected chi connectivity index (χ2v) is 7.27. The van der Waals surface area contributed by atoms with Crippen molar-refractivity contribution in [3.63, 3.8) is 0 Å². The molecule has 8 heteroatoms. The van der Waals surface area contributed by atoms with Crippen molar-refractivity contribution < 1.29 is 4.74 Å². The number of hydrazine groups is 1. The summed E-state index contributed by atoms with van der Waals surface area (Å²) in [6.45, 7) is 3.33. The maximum Gasteiger partial charge on any atom is 0.161 e. The summed E-state index contributed by atoms with van der Waals surface area (Å²) in [7, 11) is 0. The summed E-state index contributed by atoms with van der Waals surface area (Å²) >= 11 is 3.62. The van der Waals surface area contributed by atoms with Crippen molar-refractivity contribution in [2.45, 2.75) is 31.6 Å². The SMILES string of the molecule is Brc1cnc(-c2ccc(N3CCOCC3)nc2)nc1C1CCCC1.NN. The van der Waals surface area contributed by atoms with Gasteiger partial charge in [-0.15, -0.1) is 0 Å². The first-order valence-electron chi connectivity index (χ1n) is 8.96. The molecule has 0 amide bonds. The third-order valence-corrected chi connectivity index (χ3v) is 5.47. The van der Waals surface area contributed by atoms with Crippen molar-refractivity contribution in [1.29, 1.82) is 0 Å². The fourth-order valence-corrected chi connectivity index (χ4v) is 4.02. The smallest absolute Gasteiger partial charge is 0.161 e. The highest BCUT2D eigenvalue weighted by Gasteiger charge is 2.22. The van der Waals surface area contributed by atoms with E-state index in [1.165, 1.54) is 25.7 Å². The Balaban J connectivity index is 0.000000948. The van der Waals surface area contributed by atoms with Crippen LogP contribution < -0.4 is 16.6 Å². The second-order valence-electron chi connectivity index (χ2n) is 6.41. The molecule has 26 heavy (non-hydrogen) atoms. The van der Waals surface area contributed by atoms with Crippen LogP contribution in [-0.4, -0.2) is 41.3 Å². The number of nitrogens with two attached hydrogens (primary N) is 2. The van der Waals surface area contributed by atoms with Crippen molar-refractivity contribution in [3.05, 3.63) is 34.7 Å². The first-order chi connectivity index (χ1) is 12.8. The van der Waals surface area contributed by atoms with Gasteiger partial charge in [-0.1, -0.05) is 12.8 Å². The zero-order valence-corrected chi connectivity index (χ0v) is 16.4. The minimum atomic E-state index is 0.557. The molecular weight excluding hydrogens is 396 g/mol. The van der Waals surface area contributed by atoms with Gasteiger partial charge >= 0.3 is 0 Å². The van der Waals surface area contributed by atoms with Crippen LogP contribution in [0.2, 0.25) is 0 Å². The van der Waals surface area contributed by atoms with Crippen LogP contribution in [0.15, 0.2) is 29.0 Å². The Hall–Kier alpha value is -1.61. The number of ether oxygens (including phenoxy) is 1. The minimum Gasteiger partial charge on any atom is -0.378 e. The quantitative estimate of drug-likeness (QED) is 0.580. The van der Waals surface area contributed by atoms with Gasteiger partial charge in [0.05, 0.1) is 23.4 Å². The number of pyridine rings is 1. The summed E-state index contributed by atoms with van der Waals surface area (Å²) in [6.07, 6.45) is 8.81. The number of morpholine rings is 1. The molecule has 0 atom stereocenters. The van der Waals surface area contributed by atoms with Crippen molar-refractivity contribution in [2.24, 2.45) is 11.7 Å². The average Bonchev–Trinajstić information content (AvgIpc) is 3.25. The number of anilines is 1. The van der Waals surface area contributed by atoms with Crippen LogP contribution in [0.4, 0.5) is 5.82 Å². The number of hydrogen-bond acceptors (Lipinski definition) is 7. The minimum absolute atomic E-state index is 0.557. The Morgan fingerprint density at radius 3 is 2.42 bits per heavy atom. The van der Waals surface area contributed by atoms with Crippen LogP contribution in [-0.2, 0) is 4.74 Å². The molecule has 2 fully saturated rings. The summed E-state index contributed by atoms with van der Waals surface area (Å²) in [5.41, 5.74) is 2.12. The van der Waals surface area contributed by atoms with Crippen LogP contribution in [0.3, 0.4) is 0 Å². The van der Waals surface area contributed by atoms with E-state index in [0.29, 0.717) is 5.92 Å². The molecule has 0 radical (unpaired) electrons. The first-order valence-corrected chi connectivity index (χ1v) is 9.75. The highest BCUT2D eigenvalue weighted by molar-refractivity contribution is 9.10. The van der Waals surface area contributed by atoms with Crippen molar-refractivity contribution in [3.8, 4) is 11.4 Å². The van der Waals surface area contributed by atoms with Gasteiger partial charge in [-0.25, -0.2) is 15.0 Å². The van der Waals surface area contributed by atoms with E-state index in [1.807, 2.05) is 12.4 Å². The lowest BCUT2D eigenvalue weighted by Gasteiger charge is -2.27. The maximum absolute atomic E-state index is 5.39. The molecule has 0 spiro atoms. The molecule has 140 valence electrons. The van der Waals surface area contributed by atoms with Crippen LogP contribution in [0.25, 0.3) is 11.4 Å². The van der Waals surface area contributed by atoms with Crippen molar-refractivity contribution in [1.82, 2.24) is 15.0 Å². The number of rotatable bonds is 3. The second kappa shape index (κ2) is 9.36. The largest absolute Gasteiger partial charge is 0.378 e. The van der Waals surface area contributed by atoms with E-state index in [2.05, 4.69) is 54.6 Å². The van der Waals surface area contributed by atoms with E-state index >= 15 is 0 Å². The van der Waals surface area contributed by atoms with Crippen molar-refractivity contribution >= 4 is 21.7 Å². The zero-order valence-electron chi connectivity index (χ0n) is 14.8. The maximum atomic E-state index is 5.39.